The van der Waals surface area contributed by atoms with E-state index in [1.165, 1.54) is 25.2 Å². The molecule has 0 unspecified atom stereocenters. The molecule has 1 aliphatic rings. The zero-order valence-electron chi connectivity index (χ0n) is 14.0. The number of hydrogen-bond acceptors (Lipinski definition) is 4. The van der Waals surface area contributed by atoms with Crippen molar-refractivity contribution in [2.24, 2.45) is 0 Å². The molecule has 0 bridgehead atoms. The van der Waals surface area contributed by atoms with Crippen LogP contribution in [0.5, 0.6) is 0 Å². The zero-order valence-corrected chi connectivity index (χ0v) is 15.6. The molecule has 1 amide bonds. The molecule has 27 heavy (non-hydrogen) atoms. The first kappa shape index (κ1) is 19.6. The summed E-state index contributed by atoms with van der Waals surface area (Å²) in [6.07, 6.45) is 1.03. The van der Waals surface area contributed by atoms with Crippen molar-refractivity contribution in [1.29, 1.82) is 0 Å². The Balaban J connectivity index is 1.84. The highest BCUT2D eigenvalue weighted by Crippen LogP contribution is 2.28. The van der Waals surface area contributed by atoms with Gasteiger partial charge in [-0.25, -0.2) is 8.78 Å². The number of carbonyl (C=O) groups is 1. The third-order valence-electron chi connectivity index (χ3n) is 4.17. The second-order valence-corrected chi connectivity index (χ2v) is 8.13. The molecular formula is C16H15ClF2N4O3S. The second-order valence-electron chi connectivity index (χ2n) is 5.96. The molecule has 0 radical (unpaired) electrons. The number of carbonyl (C=O) groups excluding carboxylic acids is 1. The second kappa shape index (κ2) is 7.47. The van der Waals surface area contributed by atoms with Crippen molar-refractivity contribution in [1.82, 2.24) is 14.0 Å². The van der Waals surface area contributed by atoms with Crippen LogP contribution in [0.15, 0.2) is 36.5 Å². The maximum Gasteiger partial charge on any atom is 0.280 e. The van der Waals surface area contributed by atoms with Crippen LogP contribution in [-0.4, -0.2) is 36.7 Å². The van der Waals surface area contributed by atoms with Gasteiger partial charge in [0.15, 0.2) is 0 Å². The highest BCUT2D eigenvalue weighted by Gasteiger charge is 2.41. The zero-order chi connectivity index (χ0) is 19.8. The molecule has 1 saturated heterocycles. The predicted molar refractivity (Wildman–Crippen MR) is 95.2 cm³/mol. The molecule has 11 heteroatoms. The number of aromatic nitrogens is 1. The van der Waals surface area contributed by atoms with Gasteiger partial charge in [0.25, 0.3) is 10.2 Å². The van der Waals surface area contributed by atoms with Crippen molar-refractivity contribution in [2.45, 2.75) is 18.5 Å². The monoisotopic (exact) mass is 416 g/mol. The third-order valence-corrected chi connectivity index (χ3v) is 6.05. The lowest BCUT2D eigenvalue weighted by atomic mass is 10.0. The molecule has 3 rings (SSSR count). The van der Waals surface area contributed by atoms with Crippen molar-refractivity contribution in [3.05, 3.63) is 58.9 Å². The number of halogens is 3. The number of likely N-dealkylation sites (N-methyl/N-ethyl adjacent to an activating group) is 1. The van der Waals surface area contributed by atoms with Gasteiger partial charge in [0, 0.05) is 12.7 Å². The minimum absolute atomic E-state index is 0.0646. The number of hydrogen-bond donors (Lipinski definition) is 2. The smallest absolute Gasteiger partial charge is 0.280 e. The van der Waals surface area contributed by atoms with Crippen LogP contribution in [-0.2, 0) is 15.0 Å². The largest absolute Gasteiger partial charge is 0.325 e. The molecule has 1 aromatic carbocycles. The van der Waals surface area contributed by atoms with E-state index in [1.54, 1.807) is 0 Å². The Morgan fingerprint density at radius 3 is 2.70 bits per heavy atom. The summed E-state index contributed by atoms with van der Waals surface area (Å²) in [5.74, 6) is -1.81. The first-order valence-corrected chi connectivity index (χ1v) is 9.62. The van der Waals surface area contributed by atoms with Crippen LogP contribution in [0.3, 0.4) is 0 Å². The third kappa shape index (κ3) is 4.24. The Morgan fingerprint density at radius 1 is 1.33 bits per heavy atom. The lowest BCUT2D eigenvalue weighted by molar-refractivity contribution is -0.120. The maximum absolute atomic E-state index is 13.2. The number of nitrogens with zero attached hydrogens (tertiary/aromatic N) is 2. The van der Waals surface area contributed by atoms with E-state index in [0.717, 1.165) is 22.6 Å². The van der Waals surface area contributed by atoms with Crippen molar-refractivity contribution >= 4 is 33.4 Å². The van der Waals surface area contributed by atoms with Crippen LogP contribution in [0.4, 0.5) is 14.5 Å². The van der Waals surface area contributed by atoms with E-state index < -0.39 is 39.8 Å². The van der Waals surface area contributed by atoms with Gasteiger partial charge in [-0.05, 0) is 36.8 Å². The summed E-state index contributed by atoms with van der Waals surface area (Å²) in [5, 5.41) is 2.35. The van der Waals surface area contributed by atoms with Crippen LogP contribution < -0.4 is 10.0 Å². The summed E-state index contributed by atoms with van der Waals surface area (Å²) in [6.45, 7) is 0. The van der Waals surface area contributed by atoms with Gasteiger partial charge in [-0.15, -0.1) is 0 Å². The molecule has 144 valence electrons. The first-order chi connectivity index (χ1) is 12.7. The minimum Gasteiger partial charge on any atom is -0.325 e. The van der Waals surface area contributed by atoms with Gasteiger partial charge in [-0.1, -0.05) is 11.6 Å². The average Bonchev–Trinajstić information content (AvgIpc) is 2.61. The van der Waals surface area contributed by atoms with Gasteiger partial charge in [0.1, 0.15) is 17.7 Å². The topological polar surface area (TPSA) is 91.4 Å². The molecule has 1 fully saturated rings. The molecule has 2 aromatic rings. The predicted octanol–water partition coefficient (Wildman–Crippen LogP) is 2.23. The normalized spacial score (nSPS) is 22.4. The van der Waals surface area contributed by atoms with Crippen LogP contribution in [0.25, 0.3) is 0 Å². The molecular weight excluding hydrogens is 402 g/mol. The minimum atomic E-state index is -3.97. The summed E-state index contributed by atoms with van der Waals surface area (Å²) in [6, 6.07) is 4.27. The highest BCUT2D eigenvalue weighted by molar-refractivity contribution is 7.87. The van der Waals surface area contributed by atoms with E-state index in [9.17, 15) is 22.0 Å². The number of nitrogens with one attached hydrogen (secondary N) is 2. The van der Waals surface area contributed by atoms with E-state index in [1.807, 2.05) is 0 Å². The average molecular weight is 417 g/mol. The fraction of sp³-hybridized carbons (Fsp3) is 0.250. The summed E-state index contributed by atoms with van der Waals surface area (Å²) >= 11 is 5.69. The molecule has 2 heterocycles. The fourth-order valence-electron chi connectivity index (χ4n) is 2.70. The van der Waals surface area contributed by atoms with Crippen LogP contribution in [0.2, 0.25) is 5.02 Å². The number of pyridine rings is 1. The van der Waals surface area contributed by atoms with Gasteiger partial charge in [0.05, 0.1) is 23.0 Å². The van der Waals surface area contributed by atoms with Crippen molar-refractivity contribution in [3.63, 3.8) is 0 Å². The Bertz CT molecular complexity index is 972. The van der Waals surface area contributed by atoms with Crippen LogP contribution >= 0.6 is 11.6 Å². The Morgan fingerprint density at radius 2 is 2.07 bits per heavy atom. The molecule has 1 aromatic heterocycles. The number of amides is 1. The number of rotatable bonds is 3. The Hall–Kier alpha value is -2.14. The Labute approximate surface area is 159 Å². The highest BCUT2D eigenvalue weighted by atomic mass is 35.5. The van der Waals surface area contributed by atoms with Crippen LogP contribution in [0.1, 0.15) is 18.2 Å². The quantitative estimate of drug-likeness (QED) is 0.802. The van der Waals surface area contributed by atoms with E-state index in [4.69, 9.17) is 11.6 Å². The van der Waals surface area contributed by atoms with Gasteiger partial charge in [0.2, 0.25) is 5.91 Å². The number of benzene rings is 1. The lowest BCUT2D eigenvalue weighted by Crippen LogP contribution is -2.56. The molecule has 2 atom stereocenters. The first-order valence-electron chi connectivity index (χ1n) is 7.80. The molecule has 0 aliphatic carbocycles. The summed E-state index contributed by atoms with van der Waals surface area (Å²) in [4.78, 5) is 16.5. The summed E-state index contributed by atoms with van der Waals surface area (Å²) in [7, 11) is -2.71. The van der Waals surface area contributed by atoms with Crippen LogP contribution in [0, 0.1) is 11.6 Å². The van der Waals surface area contributed by atoms with E-state index in [-0.39, 0.29) is 22.8 Å². The fourth-order valence-corrected chi connectivity index (χ4v) is 4.14. The van der Waals surface area contributed by atoms with E-state index in [2.05, 4.69) is 15.0 Å². The summed E-state index contributed by atoms with van der Waals surface area (Å²) in [5.41, 5.74) is 0.517. The van der Waals surface area contributed by atoms with Crippen molar-refractivity contribution in [3.8, 4) is 0 Å². The SMILES string of the molecule is CN1[C@H](C(=O)Nc2ccc(F)c(Cl)c2)C[C@H](c2ccc(F)cn2)NS1(=O)=O. The lowest BCUT2D eigenvalue weighted by Gasteiger charge is -2.35. The molecule has 1 aliphatic heterocycles. The molecule has 7 nitrogen and oxygen atoms in total. The molecule has 0 spiro atoms. The van der Waals surface area contributed by atoms with Gasteiger partial charge >= 0.3 is 0 Å². The van der Waals surface area contributed by atoms with Gasteiger partial charge < -0.3 is 5.32 Å². The molecule has 0 saturated carbocycles. The van der Waals surface area contributed by atoms with E-state index >= 15 is 0 Å². The van der Waals surface area contributed by atoms with Crippen molar-refractivity contribution < 1.29 is 22.0 Å². The standard InChI is InChI=1S/C16H15ClF2N4O3S/c1-23-15(16(24)21-10-3-4-12(19)11(17)6-10)7-14(22-27(23,25)26)13-5-2-9(18)8-20-13/h2-6,8,14-15,22H,7H2,1H3,(H,21,24)/t14-,15+/m1/s1. The maximum atomic E-state index is 13.2. The van der Waals surface area contributed by atoms with E-state index in [0.29, 0.717) is 0 Å². The van der Waals surface area contributed by atoms with Gasteiger partial charge in [-0.2, -0.15) is 17.4 Å². The molecule has 2 N–H and O–H groups in total. The summed E-state index contributed by atoms with van der Waals surface area (Å²) < 4.78 is 54.3. The van der Waals surface area contributed by atoms with Crippen molar-refractivity contribution in [2.75, 3.05) is 12.4 Å². The number of anilines is 1. The Kier molecular flexibility index (Phi) is 5.43. The van der Waals surface area contributed by atoms with Gasteiger partial charge in [-0.3, -0.25) is 9.78 Å².